The molecule has 0 spiro atoms. The van der Waals surface area contributed by atoms with E-state index in [0.717, 1.165) is 32.4 Å². The van der Waals surface area contributed by atoms with Crippen LogP contribution in [0.25, 0.3) is 0 Å². The summed E-state index contributed by atoms with van der Waals surface area (Å²) in [6.45, 7) is 4.29. The molecule has 0 saturated carbocycles. The van der Waals surface area contributed by atoms with Crippen molar-refractivity contribution in [3.8, 4) is 0 Å². The normalized spacial score (nSPS) is 28.8. The first-order valence-electron chi connectivity index (χ1n) is 8.24. The summed E-state index contributed by atoms with van der Waals surface area (Å²) in [6.07, 6.45) is 3.07. The highest BCUT2D eigenvalue weighted by molar-refractivity contribution is 5.82. The molecule has 2 heterocycles. The van der Waals surface area contributed by atoms with Gasteiger partial charge in [0.2, 0.25) is 5.91 Å². The highest BCUT2D eigenvalue weighted by Crippen LogP contribution is 2.24. The van der Waals surface area contributed by atoms with Crippen LogP contribution in [-0.4, -0.2) is 42.6 Å². The Hall–Kier alpha value is -1.43. The molecule has 3 unspecified atom stereocenters. The van der Waals surface area contributed by atoms with Crippen LogP contribution in [0.4, 0.5) is 0 Å². The van der Waals surface area contributed by atoms with Crippen LogP contribution in [0.5, 0.6) is 0 Å². The van der Waals surface area contributed by atoms with Crippen molar-refractivity contribution in [1.29, 1.82) is 0 Å². The van der Waals surface area contributed by atoms with Crippen LogP contribution < -0.4 is 10.9 Å². The average molecular weight is 303 g/mol. The number of piperidine rings is 1. The molecule has 3 atom stereocenters. The highest BCUT2D eigenvalue weighted by atomic mass is 16.5. The Morgan fingerprint density at radius 1 is 1.32 bits per heavy atom. The molecule has 0 aliphatic carbocycles. The van der Waals surface area contributed by atoms with Gasteiger partial charge in [0.1, 0.15) is 6.04 Å². The molecule has 2 N–H and O–H groups in total. The van der Waals surface area contributed by atoms with E-state index >= 15 is 0 Å². The zero-order valence-corrected chi connectivity index (χ0v) is 13.1. The topological polar surface area (TPSA) is 53.6 Å². The minimum absolute atomic E-state index is 0.148. The van der Waals surface area contributed by atoms with Gasteiger partial charge in [-0.3, -0.25) is 4.79 Å². The van der Waals surface area contributed by atoms with Crippen molar-refractivity contribution in [2.24, 2.45) is 0 Å². The van der Waals surface area contributed by atoms with E-state index in [1.807, 2.05) is 30.0 Å². The Labute approximate surface area is 132 Å². The molecule has 1 aromatic rings. The number of hydrazine groups is 1. The number of likely N-dealkylation sites (tertiary alicyclic amines) is 1. The number of rotatable bonds is 4. The molecule has 2 aliphatic heterocycles. The summed E-state index contributed by atoms with van der Waals surface area (Å²) in [4.78, 5) is 14.6. The van der Waals surface area contributed by atoms with Crippen molar-refractivity contribution < 1.29 is 9.53 Å². The van der Waals surface area contributed by atoms with Crippen LogP contribution in [0.2, 0.25) is 0 Å². The minimum atomic E-state index is -0.148. The summed E-state index contributed by atoms with van der Waals surface area (Å²) in [5.41, 5.74) is 7.64. The van der Waals surface area contributed by atoms with Crippen LogP contribution in [-0.2, 0) is 9.53 Å². The van der Waals surface area contributed by atoms with Crippen LogP contribution >= 0.6 is 0 Å². The first-order valence-corrected chi connectivity index (χ1v) is 8.24. The van der Waals surface area contributed by atoms with E-state index in [-0.39, 0.29) is 24.1 Å². The Morgan fingerprint density at radius 2 is 2.14 bits per heavy atom. The lowest BCUT2D eigenvalue weighted by Crippen LogP contribution is -2.50. The van der Waals surface area contributed by atoms with Gasteiger partial charge in [-0.15, -0.1) is 0 Å². The number of ether oxygens (including phenoxy) is 1. The third-order valence-electron chi connectivity index (χ3n) is 4.50. The molecule has 2 aliphatic rings. The quantitative estimate of drug-likeness (QED) is 0.887. The van der Waals surface area contributed by atoms with Gasteiger partial charge in [-0.2, -0.15) is 0 Å². The smallest absolute Gasteiger partial charge is 0.241 e. The summed E-state index contributed by atoms with van der Waals surface area (Å²) in [5.74, 6) is 0.190. The molecular weight excluding hydrogens is 278 g/mol. The lowest BCUT2D eigenvalue weighted by atomic mass is 10.0. The van der Waals surface area contributed by atoms with Gasteiger partial charge in [0.15, 0.2) is 0 Å². The predicted octanol–water partition coefficient (Wildman–Crippen LogP) is 1.62. The maximum atomic E-state index is 12.7. The second-order valence-electron chi connectivity index (χ2n) is 6.04. The van der Waals surface area contributed by atoms with E-state index in [4.69, 9.17) is 4.74 Å². The summed E-state index contributed by atoms with van der Waals surface area (Å²) >= 11 is 0. The predicted molar refractivity (Wildman–Crippen MR) is 85.1 cm³/mol. The van der Waals surface area contributed by atoms with Crippen molar-refractivity contribution in [3.05, 3.63) is 35.9 Å². The van der Waals surface area contributed by atoms with Gasteiger partial charge in [0, 0.05) is 25.7 Å². The molecule has 0 aromatic heterocycles. The zero-order valence-electron chi connectivity index (χ0n) is 13.1. The Bertz CT molecular complexity index is 492. The van der Waals surface area contributed by atoms with E-state index in [0.29, 0.717) is 6.61 Å². The number of hydrogen-bond donors (Lipinski definition) is 2. The third-order valence-corrected chi connectivity index (χ3v) is 4.50. The standard InChI is InChI=1S/C17H25N3O2/c1-2-22-14-9-6-10-20(12-14)17(21)16-11-15(18-19-16)13-7-4-3-5-8-13/h3-5,7-8,14-16,18-19H,2,6,9-12H2,1H3. The number of nitrogens with zero attached hydrogens (tertiary/aromatic N) is 1. The third kappa shape index (κ3) is 3.48. The van der Waals surface area contributed by atoms with Crippen molar-refractivity contribution >= 4 is 5.91 Å². The van der Waals surface area contributed by atoms with Crippen molar-refractivity contribution in [1.82, 2.24) is 15.8 Å². The average Bonchev–Trinajstić information content (AvgIpc) is 3.05. The zero-order chi connectivity index (χ0) is 15.4. The molecule has 0 bridgehead atoms. The van der Waals surface area contributed by atoms with Crippen molar-refractivity contribution in [2.75, 3.05) is 19.7 Å². The van der Waals surface area contributed by atoms with E-state index in [1.165, 1.54) is 5.56 Å². The van der Waals surface area contributed by atoms with Gasteiger partial charge in [-0.25, -0.2) is 10.9 Å². The summed E-state index contributed by atoms with van der Waals surface area (Å²) in [7, 11) is 0. The first kappa shape index (κ1) is 15.5. The Morgan fingerprint density at radius 3 is 2.91 bits per heavy atom. The number of amides is 1. The fraction of sp³-hybridized carbons (Fsp3) is 0.588. The fourth-order valence-electron chi connectivity index (χ4n) is 3.35. The molecule has 120 valence electrons. The lowest BCUT2D eigenvalue weighted by Gasteiger charge is -2.33. The van der Waals surface area contributed by atoms with E-state index in [1.54, 1.807) is 0 Å². The monoisotopic (exact) mass is 303 g/mol. The van der Waals surface area contributed by atoms with Gasteiger partial charge in [0.25, 0.3) is 0 Å². The number of carbonyl (C=O) groups excluding carboxylic acids is 1. The van der Waals surface area contributed by atoms with Gasteiger partial charge in [-0.05, 0) is 31.7 Å². The van der Waals surface area contributed by atoms with Gasteiger partial charge in [0.05, 0.1) is 6.10 Å². The van der Waals surface area contributed by atoms with E-state index < -0.39 is 0 Å². The number of carbonyl (C=O) groups is 1. The second-order valence-corrected chi connectivity index (χ2v) is 6.04. The summed E-state index contributed by atoms with van der Waals surface area (Å²) in [5, 5.41) is 0. The maximum Gasteiger partial charge on any atom is 0.241 e. The molecule has 1 amide bonds. The van der Waals surface area contributed by atoms with Crippen molar-refractivity contribution in [3.63, 3.8) is 0 Å². The van der Waals surface area contributed by atoms with Crippen LogP contribution in [0.3, 0.4) is 0 Å². The van der Waals surface area contributed by atoms with Crippen molar-refractivity contribution in [2.45, 2.75) is 44.4 Å². The highest BCUT2D eigenvalue weighted by Gasteiger charge is 2.34. The lowest BCUT2D eigenvalue weighted by molar-refractivity contribution is -0.137. The number of benzene rings is 1. The molecule has 0 radical (unpaired) electrons. The molecule has 1 aromatic carbocycles. The Balaban J connectivity index is 1.57. The van der Waals surface area contributed by atoms with Gasteiger partial charge >= 0.3 is 0 Å². The van der Waals surface area contributed by atoms with Crippen LogP contribution in [0.15, 0.2) is 30.3 Å². The summed E-state index contributed by atoms with van der Waals surface area (Å²) < 4.78 is 5.69. The van der Waals surface area contributed by atoms with Gasteiger partial charge < -0.3 is 9.64 Å². The molecule has 2 saturated heterocycles. The molecule has 3 rings (SSSR count). The van der Waals surface area contributed by atoms with Crippen LogP contribution in [0, 0.1) is 0 Å². The second kappa shape index (κ2) is 7.22. The van der Waals surface area contributed by atoms with Gasteiger partial charge in [-0.1, -0.05) is 30.3 Å². The van der Waals surface area contributed by atoms with E-state index in [2.05, 4.69) is 23.0 Å². The SMILES string of the molecule is CCOC1CCCN(C(=O)C2CC(c3ccccc3)NN2)C1. The fourth-order valence-corrected chi connectivity index (χ4v) is 3.35. The molecular formula is C17H25N3O2. The van der Waals surface area contributed by atoms with Crippen LogP contribution in [0.1, 0.15) is 37.8 Å². The Kier molecular flexibility index (Phi) is 5.08. The maximum absolute atomic E-state index is 12.7. The number of hydrogen-bond acceptors (Lipinski definition) is 4. The first-order chi connectivity index (χ1) is 10.8. The largest absolute Gasteiger partial charge is 0.377 e. The minimum Gasteiger partial charge on any atom is -0.377 e. The molecule has 2 fully saturated rings. The molecule has 22 heavy (non-hydrogen) atoms. The van der Waals surface area contributed by atoms with E-state index in [9.17, 15) is 4.79 Å². The molecule has 5 heteroatoms. The number of nitrogens with one attached hydrogen (secondary N) is 2. The molecule has 5 nitrogen and oxygen atoms in total. The summed E-state index contributed by atoms with van der Waals surface area (Å²) in [6, 6.07) is 10.3.